The van der Waals surface area contributed by atoms with Gasteiger partial charge in [-0.2, -0.15) is 0 Å². The van der Waals surface area contributed by atoms with Crippen molar-refractivity contribution < 1.29 is 13.6 Å². The molecule has 0 radical (unpaired) electrons. The summed E-state index contributed by atoms with van der Waals surface area (Å²) in [5.74, 6) is -2.34. The Morgan fingerprint density at radius 3 is 2.65 bits per heavy atom. The van der Waals surface area contributed by atoms with Crippen LogP contribution < -0.4 is 10.6 Å². The number of carbonyl (C=O) groups excluding carboxylic acids is 1. The van der Waals surface area contributed by atoms with Crippen LogP contribution in [0.2, 0.25) is 0 Å². The third kappa shape index (κ3) is 2.79. The first-order valence-electron chi connectivity index (χ1n) is 5.64. The van der Waals surface area contributed by atoms with E-state index >= 15 is 0 Å². The van der Waals surface area contributed by atoms with Crippen LogP contribution in [0.1, 0.15) is 23.2 Å². The van der Waals surface area contributed by atoms with E-state index in [1.165, 1.54) is 6.07 Å². The molecule has 17 heavy (non-hydrogen) atoms. The fourth-order valence-corrected chi connectivity index (χ4v) is 1.95. The Bertz CT molecular complexity index is 397. The fourth-order valence-electron chi connectivity index (χ4n) is 1.95. The number of amides is 1. The second kappa shape index (κ2) is 5.23. The monoisotopic (exact) mass is 240 g/mol. The van der Waals surface area contributed by atoms with Gasteiger partial charge in [-0.1, -0.05) is 6.07 Å². The lowest BCUT2D eigenvalue weighted by molar-refractivity contribution is 0.0922. The number of nitrogens with one attached hydrogen (secondary N) is 2. The molecule has 92 valence electrons. The molecule has 1 aliphatic heterocycles. The number of hydrogen-bond donors (Lipinski definition) is 2. The van der Waals surface area contributed by atoms with E-state index in [2.05, 4.69) is 10.6 Å². The van der Waals surface area contributed by atoms with Crippen molar-refractivity contribution >= 4 is 5.91 Å². The summed E-state index contributed by atoms with van der Waals surface area (Å²) in [7, 11) is 0. The first kappa shape index (κ1) is 12.0. The Morgan fingerprint density at radius 2 is 2.06 bits per heavy atom. The van der Waals surface area contributed by atoms with Crippen molar-refractivity contribution in [3.8, 4) is 0 Å². The van der Waals surface area contributed by atoms with Gasteiger partial charge in [0.25, 0.3) is 5.91 Å². The predicted octanol–water partition coefficient (Wildman–Crippen LogP) is 1.45. The predicted molar refractivity (Wildman–Crippen MR) is 59.7 cm³/mol. The Balaban J connectivity index is 2.08. The molecule has 1 aromatic carbocycles. The van der Waals surface area contributed by atoms with Crippen molar-refractivity contribution in [1.29, 1.82) is 0 Å². The summed E-state index contributed by atoms with van der Waals surface area (Å²) in [4.78, 5) is 11.7. The number of benzene rings is 1. The van der Waals surface area contributed by atoms with Crippen molar-refractivity contribution in [1.82, 2.24) is 10.6 Å². The van der Waals surface area contributed by atoms with E-state index in [1.807, 2.05) is 0 Å². The van der Waals surface area contributed by atoms with E-state index in [4.69, 9.17) is 0 Å². The van der Waals surface area contributed by atoms with Gasteiger partial charge in [-0.15, -0.1) is 0 Å². The number of rotatable bonds is 2. The quantitative estimate of drug-likeness (QED) is 0.821. The molecule has 0 aliphatic carbocycles. The highest BCUT2D eigenvalue weighted by Gasteiger charge is 2.21. The third-order valence-corrected chi connectivity index (χ3v) is 2.82. The zero-order chi connectivity index (χ0) is 12.3. The molecule has 0 aromatic heterocycles. The summed E-state index contributed by atoms with van der Waals surface area (Å²) in [5.41, 5.74) is -0.502. The highest BCUT2D eigenvalue weighted by Crippen LogP contribution is 2.12. The number of carbonyl (C=O) groups is 1. The van der Waals surface area contributed by atoms with Crippen LogP contribution in [-0.2, 0) is 0 Å². The molecule has 1 atom stereocenters. The van der Waals surface area contributed by atoms with Crippen molar-refractivity contribution in [2.75, 3.05) is 13.1 Å². The zero-order valence-corrected chi connectivity index (χ0v) is 9.30. The summed E-state index contributed by atoms with van der Waals surface area (Å²) in [6.07, 6.45) is 1.78. The molecular weight excluding hydrogens is 226 g/mol. The molecule has 1 fully saturated rings. The second-order valence-electron chi connectivity index (χ2n) is 4.11. The number of piperidine rings is 1. The minimum absolute atomic E-state index is 0.0599. The third-order valence-electron chi connectivity index (χ3n) is 2.82. The lowest BCUT2D eigenvalue weighted by Crippen LogP contribution is -2.46. The van der Waals surface area contributed by atoms with E-state index in [-0.39, 0.29) is 6.04 Å². The normalized spacial score (nSPS) is 20.0. The van der Waals surface area contributed by atoms with Crippen LogP contribution in [0.3, 0.4) is 0 Å². The molecule has 1 aliphatic rings. The molecule has 1 saturated heterocycles. The van der Waals surface area contributed by atoms with Crippen molar-refractivity contribution in [2.45, 2.75) is 18.9 Å². The summed E-state index contributed by atoms with van der Waals surface area (Å²) in [6, 6.07) is 3.34. The SMILES string of the molecule is O=C(NC1CCCNC1)c1c(F)cccc1F. The molecule has 5 heteroatoms. The van der Waals surface area contributed by atoms with Gasteiger partial charge in [-0.25, -0.2) is 8.78 Å². The lowest BCUT2D eigenvalue weighted by atomic mass is 10.1. The Kier molecular flexibility index (Phi) is 3.68. The number of halogens is 2. The zero-order valence-electron chi connectivity index (χ0n) is 9.30. The maximum absolute atomic E-state index is 13.3. The molecule has 1 unspecified atom stereocenters. The minimum atomic E-state index is -0.828. The molecule has 1 heterocycles. The van der Waals surface area contributed by atoms with Crippen LogP contribution in [0.4, 0.5) is 8.78 Å². The molecular formula is C12H14F2N2O. The highest BCUT2D eigenvalue weighted by atomic mass is 19.1. The maximum Gasteiger partial charge on any atom is 0.257 e. The van der Waals surface area contributed by atoms with E-state index in [0.717, 1.165) is 31.5 Å². The Morgan fingerprint density at radius 1 is 1.35 bits per heavy atom. The molecule has 2 rings (SSSR count). The van der Waals surface area contributed by atoms with E-state index < -0.39 is 23.1 Å². The molecule has 3 nitrogen and oxygen atoms in total. The Labute approximate surface area is 98.2 Å². The summed E-state index contributed by atoms with van der Waals surface area (Å²) in [6.45, 7) is 1.56. The Hall–Kier alpha value is -1.49. The van der Waals surface area contributed by atoms with Crippen molar-refractivity contribution in [3.63, 3.8) is 0 Å². The van der Waals surface area contributed by atoms with Gasteiger partial charge in [-0.05, 0) is 31.5 Å². The molecule has 2 N–H and O–H groups in total. The van der Waals surface area contributed by atoms with Gasteiger partial charge in [0.15, 0.2) is 0 Å². The van der Waals surface area contributed by atoms with Crippen LogP contribution in [-0.4, -0.2) is 25.0 Å². The second-order valence-corrected chi connectivity index (χ2v) is 4.11. The largest absolute Gasteiger partial charge is 0.348 e. The minimum Gasteiger partial charge on any atom is -0.348 e. The van der Waals surface area contributed by atoms with Crippen LogP contribution >= 0.6 is 0 Å². The standard InChI is InChI=1S/C12H14F2N2O/c13-9-4-1-5-10(14)11(9)12(17)16-8-3-2-6-15-7-8/h1,4-5,8,15H,2-3,6-7H2,(H,16,17). The van der Waals surface area contributed by atoms with Gasteiger partial charge in [0.1, 0.15) is 17.2 Å². The number of hydrogen-bond acceptors (Lipinski definition) is 2. The van der Waals surface area contributed by atoms with Gasteiger partial charge < -0.3 is 10.6 Å². The molecule has 0 spiro atoms. The van der Waals surface area contributed by atoms with Gasteiger partial charge >= 0.3 is 0 Å². The van der Waals surface area contributed by atoms with Crippen LogP contribution in [0, 0.1) is 11.6 Å². The van der Waals surface area contributed by atoms with Crippen LogP contribution in [0.15, 0.2) is 18.2 Å². The highest BCUT2D eigenvalue weighted by molar-refractivity contribution is 5.94. The fraction of sp³-hybridized carbons (Fsp3) is 0.417. The van der Waals surface area contributed by atoms with Gasteiger partial charge in [-0.3, -0.25) is 4.79 Å². The van der Waals surface area contributed by atoms with E-state index in [1.54, 1.807) is 0 Å². The van der Waals surface area contributed by atoms with Crippen molar-refractivity contribution in [2.24, 2.45) is 0 Å². The summed E-state index contributed by atoms with van der Waals surface area (Å²) >= 11 is 0. The van der Waals surface area contributed by atoms with Crippen molar-refractivity contribution in [3.05, 3.63) is 35.4 Å². The average molecular weight is 240 g/mol. The average Bonchev–Trinajstić information content (AvgIpc) is 2.30. The van der Waals surface area contributed by atoms with Gasteiger partial charge in [0, 0.05) is 12.6 Å². The maximum atomic E-state index is 13.3. The first-order chi connectivity index (χ1) is 8.18. The summed E-state index contributed by atoms with van der Waals surface area (Å²) < 4.78 is 26.7. The van der Waals surface area contributed by atoms with Gasteiger partial charge in [0.2, 0.25) is 0 Å². The summed E-state index contributed by atoms with van der Waals surface area (Å²) in [5, 5.41) is 5.75. The van der Waals surface area contributed by atoms with Crippen LogP contribution in [0.5, 0.6) is 0 Å². The van der Waals surface area contributed by atoms with Crippen LogP contribution in [0.25, 0.3) is 0 Å². The smallest absolute Gasteiger partial charge is 0.257 e. The molecule has 1 amide bonds. The van der Waals surface area contributed by atoms with E-state index in [0.29, 0.717) is 6.54 Å². The van der Waals surface area contributed by atoms with E-state index in [9.17, 15) is 13.6 Å². The molecule has 0 saturated carbocycles. The topological polar surface area (TPSA) is 41.1 Å². The molecule has 0 bridgehead atoms. The van der Waals surface area contributed by atoms with Gasteiger partial charge in [0.05, 0.1) is 0 Å². The first-order valence-corrected chi connectivity index (χ1v) is 5.64. The molecule has 1 aromatic rings. The lowest BCUT2D eigenvalue weighted by Gasteiger charge is -2.23.